The first-order chi connectivity index (χ1) is 10.9. The molecule has 3 nitrogen and oxygen atoms in total. The zero-order chi connectivity index (χ0) is 20.4. The lowest BCUT2D eigenvalue weighted by atomic mass is 9.63. The Balaban J connectivity index is -0.000000145. The Kier molecular flexibility index (Phi) is 22.5. The Bertz CT molecular complexity index is 248. The summed E-state index contributed by atoms with van der Waals surface area (Å²) in [7, 11) is 1.86. The van der Waals surface area contributed by atoms with Gasteiger partial charge in [0.05, 0.1) is 6.61 Å². The van der Waals surface area contributed by atoms with E-state index in [1.54, 1.807) is 0 Å². The normalized spacial score (nSPS) is 10.9. The molecule has 0 aliphatic rings. The number of ether oxygens (including phenoxy) is 1. The van der Waals surface area contributed by atoms with E-state index in [1.165, 1.54) is 6.42 Å². The second-order valence-electron chi connectivity index (χ2n) is 8.30. The lowest BCUT2D eigenvalue weighted by molar-refractivity contribution is -0.128. The molecule has 1 N–H and O–H groups in total. The van der Waals surface area contributed by atoms with Gasteiger partial charge in [-0.05, 0) is 42.7 Å². The van der Waals surface area contributed by atoms with Gasteiger partial charge in [0, 0.05) is 0 Å². The molecule has 3 heteroatoms. The van der Waals surface area contributed by atoms with Crippen molar-refractivity contribution in [2.45, 2.75) is 95.9 Å². The van der Waals surface area contributed by atoms with Crippen LogP contribution in [0.3, 0.4) is 0 Å². The highest BCUT2D eigenvalue weighted by Crippen LogP contribution is 2.45. The van der Waals surface area contributed by atoms with Crippen molar-refractivity contribution in [3.05, 3.63) is 0 Å². The van der Waals surface area contributed by atoms with Gasteiger partial charge >= 0.3 is 0 Å². The molecule has 0 fully saturated rings. The van der Waals surface area contributed by atoms with Gasteiger partial charge in [0.1, 0.15) is 0 Å². The summed E-state index contributed by atoms with van der Waals surface area (Å²) in [6.07, 6.45) is 2.17. The number of carbonyl (C=O) groups excluding carboxylic acids is 1. The fraction of sp³-hybridized carbons (Fsp3) is 0.952. The van der Waals surface area contributed by atoms with E-state index in [9.17, 15) is 4.79 Å². The van der Waals surface area contributed by atoms with Crippen LogP contribution >= 0.6 is 0 Å². The van der Waals surface area contributed by atoms with E-state index >= 15 is 0 Å². The van der Waals surface area contributed by atoms with E-state index in [1.807, 2.05) is 34.7 Å². The molecule has 0 aromatic heterocycles. The van der Waals surface area contributed by atoms with Crippen molar-refractivity contribution in [3.8, 4) is 0 Å². The molecule has 0 saturated heterocycles. The third-order valence-electron chi connectivity index (χ3n) is 3.76. The quantitative estimate of drug-likeness (QED) is 0.451. The molecule has 0 aliphatic carbocycles. The summed E-state index contributed by atoms with van der Waals surface area (Å²) in [5.41, 5.74) is 1.27. The molecule has 0 bridgehead atoms. The van der Waals surface area contributed by atoms with Crippen molar-refractivity contribution in [1.82, 2.24) is 5.32 Å². The van der Waals surface area contributed by atoms with Crippen LogP contribution in [0.25, 0.3) is 0 Å². The molecule has 0 spiro atoms. The lowest BCUT2D eigenvalue weighted by Gasteiger charge is -2.43. The van der Waals surface area contributed by atoms with Crippen LogP contribution in [0.4, 0.5) is 0 Å². The van der Waals surface area contributed by atoms with Gasteiger partial charge in [0.25, 0.3) is 6.47 Å². The van der Waals surface area contributed by atoms with E-state index in [-0.39, 0.29) is 0 Å². The Hall–Kier alpha value is -0.570. The third kappa shape index (κ3) is 23.7. The minimum atomic E-state index is 0.403. The van der Waals surface area contributed by atoms with Gasteiger partial charge in [-0.25, -0.2) is 0 Å². The summed E-state index contributed by atoms with van der Waals surface area (Å²) in [6, 6.07) is 0. The molecule has 0 saturated carbocycles. The Morgan fingerprint density at radius 2 is 1.29 bits per heavy atom. The monoisotopic (exact) mass is 347 g/mol. The third-order valence-corrected chi connectivity index (χ3v) is 3.76. The molecular formula is C21H49NO2. The average Bonchev–Trinajstić information content (AvgIpc) is 2.45. The van der Waals surface area contributed by atoms with Crippen LogP contribution < -0.4 is 5.32 Å². The van der Waals surface area contributed by atoms with Crippen LogP contribution in [-0.2, 0) is 9.53 Å². The molecule has 0 radical (unpaired) electrons. The molecule has 0 atom stereocenters. The maximum atomic E-state index is 9.53. The van der Waals surface area contributed by atoms with E-state index in [2.05, 4.69) is 65.4 Å². The van der Waals surface area contributed by atoms with Crippen LogP contribution in [0.2, 0.25) is 0 Å². The minimum absolute atomic E-state index is 0.403. The lowest BCUT2D eigenvalue weighted by Crippen LogP contribution is -2.33. The van der Waals surface area contributed by atoms with Crippen LogP contribution in [0.5, 0.6) is 0 Å². The maximum Gasteiger partial charge on any atom is 0.293 e. The molecule has 0 aromatic carbocycles. The zero-order valence-corrected chi connectivity index (χ0v) is 19.2. The fourth-order valence-electron chi connectivity index (χ4n) is 1.97. The van der Waals surface area contributed by atoms with Crippen molar-refractivity contribution in [2.75, 3.05) is 20.2 Å². The summed E-state index contributed by atoms with van der Waals surface area (Å²) in [6.45, 7) is 28.6. The van der Waals surface area contributed by atoms with Crippen LogP contribution in [0.1, 0.15) is 95.9 Å². The average molecular weight is 348 g/mol. The summed E-state index contributed by atoms with van der Waals surface area (Å²) in [5.74, 6) is 0. The largest absolute Gasteiger partial charge is 0.468 e. The smallest absolute Gasteiger partial charge is 0.293 e. The topological polar surface area (TPSA) is 38.3 Å². The van der Waals surface area contributed by atoms with Gasteiger partial charge in [-0.15, -0.1) is 0 Å². The van der Waals surface area contributed by atoms with Gasteiger partial charge < -0.3 is 10.1 Å². The highest BCUT2D eigenvalue weighted by molar-refractivity contribution is 5.36. The second kappa shape index (κ2) is 17.3. The second-order valence-corrected chi connectivity index (χ2v) is 8.30. The molecule has 0 amide bonds. The van der Waals surface area contributed by atoms with Gasteiger partial charge in [-0.3, -0.25) is 4.79 Å². The molecule has 0 aliphatic heterocycles. The molecule has 0 unspecified atom stereocenters. The SMILES string of the molecule is CC.CC.CC(C)(C)CC(C)(C)C(C)(C)C.CNCCCOC=O. The highest BCUT2D eigenvalue weighted by atomic mass is 16.5. The Morgan fingerprint density at radius 1 is 0.875 bits per heavy atom. The highest BCUT2D eigenvalue weighted by Gasteiger charge is 2.35. The van der Waals surface area contributed by atoms with Gasteiger partial charge in [0.15, 0.2) is 0 Å². The van der Waals surface area contributed by atoms with Crippen LogP contribution in [0.15, 0.2) is 0 Å². The summed E-state index contributed by atoms with van der Waals surface area (Å²) < 4.78 is 4.42. The zero-order valence-electron chi connectivity index (χ0n) is 19.2. The van der Waals surface area contributed by atoms with Crippen molar-refractivity contribution in [1.29, 1.82) is 0 Å². The number of carbonyl (C=O) groups is 1. The van der Waals surface area contributed by atoms with Gasteiger partial charge in [0.2, 0.25) is 0 Å². The Morgan fingerprint density at radius 3 is 1.50 bits per heavy atom. The van der Waals surface area contributed by atoms with Gasteiger partial charge in [-0.1, -0.05) is 83.1 Å². The number of nitrogens with one attached hydrogen (secondary N) is 1. The molecule has 0 rings (SSSR count). The molecular weight excluding hydrogens is 298 g/mol. The number of hydrogen-bond acceptors (Lipinski definition) is 3. The van der Waals surface area contributed by atoms with Crippen molar-refractivity contribution in [2.24, 2.45) is 16.2 Å². The number of hydrogen-bond donors (Lipinski definition) is 1. The predicted octanol–water partition coefficient (Wildman–Crippen LogP) is 6.32. The van der Waals surface area contributed by atoms with E-state index in [0.717, 1.165) is 13.0 Å². The Labute approximate surface area is 154 Å². The fourth-order valence-corrected chi connectivity index (χ4v) is 1.97. The first-order valence-corrected chi connectivity index (χ1v) is 9.57. The standard InChI is InChI=1S/C12H26.C5H11NO2.2C2H6/c1-10(2,3)9-12(7,8)11(4,5)6;1-6-3-2-4-8-5-7;2*1-2/h9H2,1-8H3;5-6H,2-4H2,1H3;2*1-2H3. The van der Waals surface area contributed by atoms with Crippen molar-refractivity contribution >= 4 is 6.47 Å². The maximum absolute atomic E-state index is 9.53. The van der Waals surface area contributed by atoms with Gasteiger partial charge in [-0.2, -0.15) is 0 Å². The van der Waals surface area contributed by atoms with E-state index in [0.29, 0.717) is 29.3 Å². The van der Waals surface area contributed by atoms with E-state index < -0.39 is 0 Å². The molecule has 0 heterocycles. The molecule has 24 heavy (non-hydrogen) atoms. The van der Waals surface area contributed by atoms with Crippen molar-refractivity contribution < 1.29 is 9.53 Å². The number of rotatable bonds is 6. The molecule has 0 aromatic rings. The van der Waals surface area contributed by atoms with E-state index in [4.69, 9.17) is 0 Å². The summed E-state index contributed by atoms with van der Waals surface area (Å²) >= 11 is 0. The predicted molar refractivity (Wildman–Crippen MR) is 111 cm³/mol. The summed E-state index contributed by atoms with van der Waals surface area (Å²) in [4.78, 5) is 9.53. The van der Waals surface area contributed by atoms with Crippen molar-refractivity contribution in [3.63, 3.8) is 0 Å². The van der Waals surface area contributed by atoms with Crippen LogP contribution in [0, 0.1) is 16.2 Å². The van der Waals surface area contributed by atoms with Crippen LogP contribution in [-0.4, -0.2) is 26.7 Å². The molecule has 150 valence electrons. The minimum Gasteiger partial charge on any atom is -0.468 e. The summed E-state index contributed by atoms with van der Waals surface area (Å²) in [5, 5.41) is 2.93. The first-order valence-electron chi connectivity index (χ1n) is 9.57. The first kappa shape index (κ1) is 31.2.